The number of carbonyl (C=O) groups is 2. The molecule has 6 N–H and O–H groups in total. The van der Waals surface area contributed by atoms with Crippen molar-refractivity contribution in [2.75, 3.05) is 0 Å². The Morgan fingerprint density at radius 1 is 0.368 bits per heavy atom. The molecule has 8 heteroatoms. The quantitative estimate of drug-likeness (QED) is 0.130. The molecule has 4 aromatic rings. The highest BCUT2D eigenvalue weighted by atomic mass is 16.3. The van der Waals surface area contributed by atoms with E-state index in [0.717, 1.165) is 12.2 Å². The van der Waals surface area contributed by atoms with Gasteiger partial charge < -0.3 is 30.6 Å². The number of phenols is 4. The van der Waals surface area contributed by atoms with Crippen molar-refractivity contribution in [2.45, 2.75) is 0 Å². The van der Waals surface area contributed by atoms with E-state index < -0.39 is 23.1 Å². The number of hydrogen-bond acceptors (Lipinski definition) is 8. The molecule has 4 aromatic carbocycles. The number of rotatable bonds is 0. The van der Waals surface area contributed by atoms with Gasteiger partial charge in [-0.15, -0.1) is 0 Å². The average Bonchev–Trinajstić information content (AvgIpc) is 2.93. The summed E-state index contributed by atoms with van der Waals surface area (Å²) in [5, 5.41) is 51.8. The van der Waals surface area contributed by atoms with Crippen LogP contribution in [0.4, 0.5) is 0 Å². The van der Waals surface area contributed by atoms with Gasteiger partial charge in [0.25, 0.3) is 5.78 Å². The second-order valence-corrected chi connectivity index (χ2v) is 7.10. The van der Waals surface area contributed by atoms with Gasteiger partial charge in [-0.3, -0.25) is 9.59 Å². The Balaban J connectivity index is 0.000000239. The van der Waals surface area contributed by atoms with Crippen LogP contribution in [-0.4, -0.2) is 42.2 Å². The van der Waals surface area contributed by atoms with Gasteiger partial charge in [-0.05, 0) is 60.7 Å². The molecule has 0 aromatic heterocycles. The fourth-order valence-electron chi connectivity index (χ4n) is 2.25. The van der Waals surface area contributed by atoms with Gasteiger partial charge >= 0.3 is 0 Å². The summed E-state index contributed by atoms with van der Waals surface area (Å²) in [6.07, 6.45) is 1.87. The molecule has 0 atom stereocenters. The first-order chi connectivity index (χ1) is 18.2. The van der Waals surface area contributed by atoms with Crippen LogP contribution in [0.1, 0.15) is 0 Å². The van der Waals surface area contributed by atoms with Gasteiger partial charge in [-0.25, -0.2) is 0 Å². The number of benzene rings is 4. The van der Waals surface area contributed by atoms with E-state index in [-0.39, 0.29) is 0 Å². The zero-order valence-electron chi connectivity index (χ0n) is 20.2. The van der Waals surface area contributed by atoms with E-state index in [4.69, 9.17) is 30.6 Å². The first kappa shape index (κ1) is 30.5. The first-order valence-corrected chi connectivity index (χ1v) is 11.1. The summed E-state index contributed by atoms with van der Waals surface area (Å²) in [5.74, 6) is -2.05. The fraction of sp³-hybridized carbons (Fsp3) is 0. The lowest BCUT2D eigenvalue weighted by atomic mass is 10.1. The van der Waals surface area contributed by atoms with Crippen molar-refractivity contribution < 1.29 is 40.2 Å². The van der Waals surface area contributed by atoms with Crippen LogP contribution < -0.4 is 0 Å². The molecule has 0 saturated carbocycles. The van der Waals surface area contributed by atoms with Gasteiger partial charge in [-0.2, -0.15) is 0 Å². The highest BCUT2D eigenvalue weighted by molar-refractivity contribution is 6.47. The van der Waals surface area contributed by atoms with Gasteiger partial charge in [-0.1, -0.05) is 72.8 Å². The van der Waals surface area contributed by atoms with Crippen molar-refractivity contribution in [1.82, 2.24) is 0 Å². The number of carbonyl (C=O) groups excluding carboxylic acids is 2. The molecule has 0 fully saturated rings. The Bertz CT molecular complexity index is 1120. The largest absolute Gasteiger partial charge is 0.508 e. The number of aromatic hydroxyl groups is 4. The van der Waals surface area contributed by atoms with Crippen LogP contribution in [0.5, 0.6) is 23.0 Å². The Labute approximate surface area is 220 Å². The lowest BCUT2D eigenvalue weighted by Gasteiger charge is -2.01. The van der Waals surface area contributed by atoms with Crippen LogP contribution in [0.2, 0.25) is 0 Å². The van der Waals surface area contributed by atoms with E-state index >= 15 is 0 Å². The van der Waals surface area contributed by atoms with E-state index in [1.807, 2.05) is 24.3 Å². The molecule has 0 bridgehead atoms. The zero-order chi connectivity index (χ0) is 28.2. The second-order valence-electron chi connectivity index (χ2n) is 7.10. The van der Waals surface area contributed by atoms with Crippen molar-refractivity contribution in [3.8, 4) is 23.0 Å². The molecule has 0 aliphatic heterocycles. The lowest BCUT2D eigenvalue weighted by Crippen LogP contribution is -2.18. The van der Waals surface area contributed by atoms with E-state index in [1.165, 1.54) is 0 Å². The van der Waals surface area contributed by atoms with Gasteiger partial charge in [0.15, 0.2) is 5.76 Å². The molecule has 0 spiro atoms. The maximum atomic E-state index is 10.5. The molecule has 0 amide bonds. The number of Topliss-reactive ketones (excluding diaryl/α,β-unsaturated/α-hetero) is 1. The number of hydrogen-bond donors (Lipinski definition) is 6. The van der Waals surface area contributed by atoms with Crippen molar-refractivity contribution in [3.63, 3.8) is 0 Å². The molecule has 1 aliphatic carbocycles. The van der Waals surface area contributed by atoms with Gasteiger partial charge in [0.05, 0.1) is 0 Å². The predicted octanol–water partition coefficient (Wildman–Crippen LogP) is 5.59. The van der Waals surface area contributed by atoms with Crippen LogP contribution in [0.3, 0.4) is 0 Å². The molecule has 5 rings (SSSR count). The van der Waals surface area contributed by atoms with Crippen molar-refractivity contribution in [1.29, 1.82) is 0 Å². The highest BCUT2D eigenvalue weighted by Gasteiger charge is 2.22. The Morgan fingerprint density at radius 3 is 0.816 bits per heavy atom. The molecule has 0 saturated heterocycles. The monoisotopic (exact) mass is 516 g/mol. The molecule has 0 unspecified atom stereocenters. The van der Waals surface area contributed by atoms with Crippen molar-refractivity contribution in [3.05, 3.63) is 145 Å². The number of aliphatic hydroxyl groups is 2. The van der Waals surface area contributed by atoms with Crippen LogP contribution >= 0.6 is 0 Å². The van der Waals surface area contributed by atoms with Crippen molar-refractivity contribution >= 4 is 11.6 Å². The Morgan fingerprint density at radius 2 is 0.632 bits per heavy atom. The van der Waals surface area contributed by atoms with Crippen LogP contribution in [0.25, 0.3) is 0 Å². The van der Waals surface area contributed by atoms with Crippen LogP contribution in [0, 0.1) is 0 Å². The topological polar surface area (TPSA) is 156 Å². The molecular weight excluding hydrogens is 488 g/mol. The van der Waals surface area contributed by atoms with Gasteiger partial charge in [0.1, 0.15) is 23.0 Å². The molecule has 0 radical (unpaired) electrons. The maximum Gasteiger partial charge on any atom is 0.271 e. The smallest absolute Gasteiger partial charge is 0.271 e. The third-order valence-corrected chi connectivity index (χ3v) is 4.10. The Hall–Kier alpha value is -5.50. The summed E-state index contributed by atoms with van der Waals surface area (Å²) in [6.45, 7) is 0. The third-order valence-electron chi connectivity index (χ3n) is 4.10. The summed E-state index contributed by atoms with van der Waals surface area (Å²) in [5.41, 5.74) is 0. The van der Waals surface area contributed by atoms with E-state index in [9.17, 15) is 9.59 Å². The minimum absolute atomic E-state index is 0.322. The summed E-state index contributed by atoms with van der Waals surface area (Å²) in [4.78, 5) is 20.9. The molecule has 38 heavy (non-hydrogen) atoms. The summed E-state index contributed by atoms with van der Waals surface area (Å²) in [7, 11) is 0. The maximum absolute atomic E-state index is 10.5. The van der Waals surface area contributed by atoms with Crippen molar-refractivity contribution in [2.24, 2.45) is 0 Å². The second kappa shape index (κ2) is 17.9. The predicted molar refractivity (Wildman–Crippen MR) is 144 cm³/mol. The summed E-state index contributed by atoms with van der Waals surface area (Å²) in [6, 6.07) is 34.9. The number of para-hydroxylation sites is 4. The fourth-order valence-corrected chi connectivity index (χ4v) is 2.25. The number of phenolic OH excluding ortho intramolecular Hbond substituents is 4. The van der Waals surface area contributed by atoms with Crippen LogP contribution in [0.15, 0.2) is 145 Å². The van der Waals surface area contributed by atoms with Gasteiger partial charge in [0.2, 0.25) is 11.5 Å². The van der Waals surface area contributed by atoms with Gasteiger partial charge in [0, 0.05) is 0 Å². The third kappa shape index (κ3) is 14.0. The molecular formula is C30H28O8. The highest BCUT2D eigenvalue weighted by Crippen LogP contribution is 2.07. The van der Waals surface area contributed by atoms with E-state index in [2.05, 4.69) is 0 Å². The number of aliphatic hydroxyl groups excluding tert-OH is 2. The normalized spacial score (nSPS) is 11.2. The molecule has 1 aliphatic rings. The lowest BCUT2D eigenvalue weighted by molar-refractivity contribution is -0.133. The minimum Gasteiger partial charge on any atom is -0.508 e. The zero-order valence-corrected chi connectivity index (χ0v) is 20.2. The number of allylic oxidation sites excluding steroid dienone is 3. The summed E-state index contributed by atoms with van der Waals surface area (Å²) >= 11 is 0. The standard InChI is InChI=1S/C6H4O4.4C6H6O/c7-3-1-2-4(8)6(10)5(3)9;4*7-6-4-2-1-3-5-6/h1-2,7,9H;4*1-5,7H. The SMILES string of the molecule is O=C1C=CC(O)=C(O)C1=O.Oc1ccccc1.Oc1ccccc1.Oc1ccccc1.Oc1ccccc1. The number of ketones is 2. The van der Waals surface area contributed by atoms with Crippen LogP contribution in [-0.2, 0) is 9.59 Å². The molecule has 8 nitrogen and oxygen atoms in total. The summed E-state index contributed by atoms with van der Waals surface area (Å²) < 4.78 is 0. The Kier molecular flexibility index (Phi) is 14.4. The molecule has 196 valence electrons. The molecule has 0 heterocycles. The van der Waals surface area contributed by atoms with E-state index in [0.29, 0.717) is 23.0 Å². The average molecular weight is 517 g/mol. The first-order valence-electron chi connectivity index (χ1n) is 11.1. The van der Waals surface area contributed by atoms with E-state index in [1.54, 1.807) is 97.1 Å². The minimum atomic E-state index is -1.07.